The van der Waals surface area contributed by atoms with Gasteiger partial charge < -0.3 is 15.3 Å². The maximum Gasteiger partial charge on any atom is 0.308 e. The zero-order chi connectivity index (χ0) is 10.5. The van der Waals surface area contributed by atoms with Gasteiger partial charge in [0.15, 0.2) is 0 Å². The van der Waals surface area contributed by atoms with Gasteiger partial charge in [0, 0.05) is 25.0 Å². The molecule has 4 saturated heterocycles. The minimum Gasteiger partial charge on any atom is -0.481 e. The monoisotopic (exact) mass is 210 g/mol. The largest absolute Gasteiger partial charge is 0.481 e. The van der Waals surface area contributed by atoms with Crippen molar-refractivity contribution >= 4 is 5.97 Å². The fraction of sp³-hybridized carbons (Fsp3) is 0.909. The number of piperidine rings is 3. The van der Waals surface area contributed by atoms with E-state index in [-0.39, 0.29) is 11.3 Å². The number of carboxylic acids is 1. The Morgan fingerprint density at radius 2 is 2.13 bits per heavy atom. The zero-order valence-corrected chi connectivity index (χ0v) is 8.91. The van der Waals surface area contributed by atoms with Crippen LogP contribution in [0.15, 0.2) is 0 Å². The summed E-state index contributed by atoms with van der Waals surface area (Å²) in [6.07, 6.45) is 2.40. The lowest BCUT2D eigenvalue weighted by Crippen LogP contribution is -2.59. The molecule has 84 valence electrons. The number of hydrogen-bond acceptors (Lipinski definition) is 3. The first-order valence-electron chi connectivity index (χ1n) is 5.88. The van der Waals surface area contributed by atoms with Crippen molar-refractivity contribution in [1.29, 1.82) is 0 Å². The molecule has 0 aromatic carbocycles. The predicted molar refractivity (Wildman–Crippen MR) is 55.6 cm³/mol. The Hall–Kier alpha value is -0.610. The first-order valence-corrected chi connectivity index (χ1v) is 5.88. The fourth-order valence-electron chi connectivity index (χ4n) is 3.92. The van der Waals surface area contributed by atoms with Crippen LogP contribution >= 0.6 is 0 Å². The van der Waals surface area contributed by atoms with Crippen molar-refractivity contribution in [3.8, 4) is 0 Å². The minimum atomic E-state index is -0.603. The minimum absolute atomic E-state index is 0.0440. The Kier molecular flexibility index (Phi) is 2.04. The first kappa shape index (κ1) is 9.60. The van der Waals surface area contributed by atoms with Crippen LogP contribution in [-0.2, 0) is 4.79 Å². The SMILES string of the molecule is O=C(O)C1CNCC12CN1CCC2CC1. The highest BCUT2D eigenvalue weighted by Crippen LogP contribution is 2.48. The number of nitrogens with one attached hydrogen (secondary N) is 1. The molecule has 15 heavy (non-hydrogen) atoms. The van der Waals surface area contributed by atoms with E-state index in [0.29, 0.717) is 12.5 Å². The van der Waals surface area contributed by atoms with Crippen molar-refractivity contribution in [2.45, 2.75) is 12.8 Å². The van der Waals surface area contributed by atoms with E-state index in [1.165, 1.54) is 25.9 Å². The van der Waals surface area contributed by atoms with Crippen LogP contribution in [0.25, 0.3) is 0 Å². The van der Waals surface area contributed by atoms with Gasteiger partial charge in [-0.25, -0.2) is 0 Å². The maximum absolute atomic E-state index is 11.3. The lowest BCUT2D eigenvalue weighted by Gasteiger charge is -2.53. The summed E-state index contributed by atoms with van der Waals surface area (Å²) in [4.78, 5) is 13.7. The number of hydrogen-bond donors (Lipinski definition) is 2. The quantitative estimate of drug-likeness (QED) is 0.640. The van der Waals surface area contributed by atoms with Crippen molar-refractivity contribution in [3.05, 3.63) is 0 Å². The Morgan fingerprint density at radius 3 is 2.67 bits per heavy atom. The molecule has 0 saturated carbocycles. The summed E-state index contributed by atoms with van der Waals surface area (Å²) in [6, 6.07) is 0. The van der Waals surface area contributed by atoms with Crippen molar-refractivity contribution in [2.75, 3.05) is 32.7 Å². The maximum atomic E-state index is 11.3. The highest BCUT2D eigenvalue weighted by atomic mass is 16.4. The predicted octanol–water partition coefficient (Wildman–Crippen LogP) is 0.00240. The number of nitrogens with zero attached hydrogens (tertiary/aromatic N) is 1. The van der Waals surface area contributed by atoms with Gasteiger partial charge >= 0.3 is 5.97 Å². The van der Waals surface area contributed by atoms with Crippen molar-refractivity contribution in [3.63, 3.8) is 0 Å². The second-order valence-electron chi connectivity index (χ2n) is 5.31. The third-order valence-corrected chi connectivity index (χ3v) is 4.71. The number of carboxylic acid groups (broad SMARTS) is 1. The molecule has 4 aliphatic rings. The van der Waals surface area contributed by atoms with Crippen LogP contribution in [0.1, 0.15) is 12.8 Å². The summed E-state index contributed by atoms with van der Waals surface area (Å²) in [5, 5.41) is 12.6. The summed E-state index contributed by atoms with van der Waals surface area (Å²) in [6.45, 7) is 4.93. The average Bonchev–Trinajstić information content (AvgIpc) is 2.63. The van der Waals surface area contributed by atoms with Crippen LogP contribution in [0.3, 0.4) is 0 Å². The molecule has 4 nitrogen and oxygen atoms in total. The van der Waals surface area contributed by atoms with E-state index in [4.69, 9.17) is 0 Å². The first-order chi connectivity index (χ1) is 7.22. The van der Waals surface area contributed by atoms with Crippen molar-refractivity contribution in [1.82, 2.24) is 10.2 Å². The van der Waals surface area contributed by atoms with Gasteiger partial charge in [-0.3, -0.25) is 4.79 Å². The van der Waals surface area contributed by atoms with Crippen LogP contribution < -0.4 is 5.32 Å². The second-order valence-corrected chi connectivity index (χ2v) is 5.31. The van der Waals surface area contributed by atoms with Gasteiger partial charge in [0.25, 0.3) is 0 Å². The number of carbonyl (C=O) groups is 1. The molecule has 2 N–H and O–H groups in total. The summed E-state index contributed by atoms with van der Waals surface area (Å²) >= 11 is 0. The molecule has 2 bridgehead atoms. The van der Waals surface area contributed by atoms with E-state index in [1.54, 1.807) is 0 Å². The molecule has 0 radical (unpaired) electrons. The van der Waals surface area contributed by atoms with Crippen molar-refractivity contribution < 1.29 is 9.90 Å². The highest BCUT2D eigenvalue weighted by Gasteiger charge is 2.55. The average molecular weight is 210 g/mol. The highest BCUT2D eigenvalue weighted by molar-refractivity contribution is 5.72. The Balaban J connectivity index is 1.92. The lowest BCUT2D eigenvalue weighted by atomic mass is 9.61. The Labute approximate surface area is 89.6 Å². The van der Waals surface area contributed by atoms with Crippen LogP contribution in [0.2, 0.25) is 0 Å². The van der Waals surface area contributed by atoms with Crippen LogP contribution in [0, 0.1) is 17.3 Å². The smallest absolute Gasteiger partial charge is 0.308 e. The van der Waals surface area contributed by atoms with Crippen molar-refractivity contribution in [2.24, 2.45) is 17.3 Å². The van der Waals surface area contributed by atoms with E-state index in [2.05, 4.69) is 10.2 Å². The normalized spacial score (nSPS) is 48.7. The standard InChI is InChI=1S/C11H18N2O2/c14-10(15)9-5-12-6-11(9)7-13-3-1-8(11)2-4-13/h8-9,12H,1-7H2,(H,14,15). The van der Waals surface area contributed by atoms with Gasteiger partial charge in [-0.05, 0) is 31.8 Å². The second kappa shape index (κ2) is 3.19. The topological polar surface area (TPSA) is 52.6 Å². The van der Waals surface area contributed by atoms with E-state index < -0.39 is 5.97 Å². The van der Waals surface area contributed by atoms with E-state index in [1.807, 2.05) is 0 Å². The third kappa shape index (κ3) is 1.24. The van der Waals surface area contributed by atoms with E-state index in [9.17, 15) is 9.90 Å². The number of rotatable bonds is 1. The number of aliphatic carboxylic acids is 1. The van der Waals surface area contributed by atoms with Gasteiger partial charge in [-0.2, -0.15) is 0 Å². The van der Waals surface area contributed by atoms with Gasteiger partial charge in [0.2, 0.25) is 0 Å². The molecular formula is C11H18N2O2. The molecule has 2 atom stereocenters. The summed E-state index contributed by atoms with van der Waals surface area (Å²) in [7, 11) is 0. The molecule has 0 aliphatic carbocycles. The lowest BCUT2D eigenvalue weighted by molar-refractivity contribution is -0.150. The van der Waals surface area contributed by atoms with Crippen LogP contribution in [-0.4, -0.2) is 48.7 Å². The molecule has 4 heterocycles. The van der Waals surface area contributed by atoms with Gasteiger partial charge in [-0.15, -0.1) is 0 Å². The molecule has 4 heteroatoms. The van der Waals surface area contributed by atoms with Gasteiger partial charge in [-0.1, -0.05) is 0 Å². The van der Waals surface area contributed by atoms with E-state index in [0.717, 1.165) is 13.1 Å². The molecular weight excluding hydrogens is 192 g/mol. The number of fused-ring (bicyclic) bond motifs is 2. The van der Waals surface area contributed by atoms with Gasteiger partial charge in [0.05, 0.1) is 5.92 Å². The molecule has 4 fully saturated rings. The summed E-state index contributed by atoms with van der Waals surface area (Å²) in [5.41, 5.74) is 0.0440. The third-order valence-electron chi connectivity index (χ3n) is 4.71. The molecule has 1 spiro atoms. The fourth-order valence-corrected chi connectivity index (χ4v) is 3.92. The zero-order valence-electron chi connectivity index (χ0n) is 8.91. The summed E-state index contributed by atoms with van der Waals surface area (Å²) in [5.74, 6) is -0.127. The molecule has 4 rings (SSSR count). The van der Waals surface area contributed by atoms with E-state index >= 15 is 0 Å². The molecule has 0 amide bonds. The Morgan fingerprint density at radius 1 is 1.40 bits per heavy atom. The van der Waals surface area contributed by atoms with Crippen LogP contribution in [0.4, 0.5) is 0 Å². The van der Waals surface area contributed by atoms with Crippen LogP contribution in [0.5, 0.6) is 0 Å². The van der Waals surface area contributed by atoms with Gasteiger partial charge in [0.1, 0.15) is 0 Å². The molecule has 0 aromatic rings. The Bertz CT molecular complexity index is 286. The molecule has 2 unspecified atom stereocenters. The molecule has 4 aliphatic heterocycles. The summed E-state index contributed by atoms with van der Waals surface area (Å²) < 4.78 is 0. The molecule has 0 aromatic heterocycles.